The summed E-state index contributed by atoms with van der Waals surface area (Å²) < 4.78 is 0. The Kier molecular flexibility index (Phi) is 4.45. The van der Waals surface area contributed by atoms with E-state index in [0.29, 0.717) is 11.1 Å². The Balaban J connectivity index is 2.78. The monoisotopic (exact) mass is 254 g/mol. The molecule has 0 saturated heterocycles. The zero-order valence-corrected chi connectivity index (χ0v) is 12.2. The number of nitrogens with zero attached hydrogens (tertiary/aromatic N) is 1. The molecule has 2 N–H and O–H groups in total. The molecule has 0 fully saturated rings. The van der Waals surface area contributed by atoms with Gasteiger partial charge in [0.1, 0.15) is 0 Å². The van der Waals surface area contributed by atoms with Gasteiger partial charge < -0.3 is 5.73 Å². The van der Waals surface area contributed by atoms with Gasteiger partial charge in [0.25, 0.3) is 0 Å². The van der Waals surface area contributed by atoms with Crippen LogP contribution in [-0.2, 0) is 6.54 Å². The van der Waals surface area contributed by atoms with Crippen molar-refractivity contribution in [1.29, 1.82) is 0 Å². The van der Waals surface area contributed by atoms with E-state index in [4.69, 9.17) is 17.3 Å². The highest BCUT2D eigenvalue weighted by molar-refractivity contribution is 6.30. The third-order valence-electron chi connectivity index (χ3n) is 3.44. The molecular formula is C14H23ClN2. The average molecular weight is 255 g/mol. The Labute approximate surface area is 110 Å². The van der Waals surface area contributed by atoms with Crippen LogP contribution in [0.2, 0.25) is 5.02 Å². The molecule has 0 heterocycles. The van der Waals surface area contributed by atoms with E-state index in [1.165, 1.54) is 0 Å². The highest BCUT2D eigenvalue weighted by atomic mass is 35.5. The predicted octanol–water partition coefficient (Wildman–Crippen LogP) is 3.79. The first-order valence-electron chi connectivity index (χ1n) is 5.96. The predicted molar refractivity (Wildman–Crippen MR) is 76.2 cm³/mol. The largest absolute Gasteiger partial charge is 0.398 e. The van der Waals surface area contributed by atoms with E-state index in [9.17, 15) is 0 Å². The summed E-state index contributed by atoms with van der Waals surface area (Å²) in [6.07, 6.45) is 0. The minimum absolute atomic E-state index is 0.260. The van der Waals surface area contributed by atoms with Gasteiger partial charge in [-0.1, -0.05) is 38.4 Å². The fraction of sp³-hybridized carbons (Fsp3) is 0.571. The van der Waals surface area contributed by atoms with Gasteiger partial charge in [0, 0.05) is 23.3 Å². The van der Waals surface area contributed by atoms with Crippen molar-refractivity contribution in [2.24, 2.45) is 5.41 Å². The highest BCUT2D eigenvalue weighted by Crippen LogP contribution is 2.26. The van der Waals surface area contributed by atoms with Crippen molar-refractivity contribution in [3.8, 4) is 0 Å². The number of anilines is 1. The van der Waals surface area contributed by atoms with E-state index in [-0.39, 0.29) is 5.41 Å². The summed E-state index contributed by atoms with van der Waals surface area (Å²) in [4.78, 5) is 2.32. The van der Waals surface area contributed by atoms with Crippen LogP contribution in [0.4, 0.5) is 5.69 Å². The Morgan fingerprint density at radius 1 is 1.35 bits per heavy atom. The third kappa shape index (κ3) is 3.90. The average Bonchev–Trinajstić information content (AvgIpc) is 2.19. The molecule has 0 saturated carbocycles. The molecule has 1 atom stereocenters. The molecular weight excluding hydrogens is 232 g/mol. The molecule has 0 spiro atoms. The van der Waals surface area contributed by atoms with Crippen molar-refractivity contribution in [1.82, 2.24) is 4.90 Å². The van der Waals surface area contributed by atoms with Crippen molar-refractivity contribution in [3.63, 3.8) is 0 Å². The fourth-order valence-electron chi connectivity index (χ4n) is 1.78. The Morgan fingerprint density at radius 3 is 2.41 bits per heavy atom. The minimum Gasteiger partial charge on any atom is -0.398 e. The maximum absolute atomic E-state index is 5.97. The van der Waals surface area contributed by atoms with E-state index in [1.807, 2.05) is 18.2 Å². The lowest BCUT2D eigenvalue weighted by molar-refractivity contribution is 0.135. The van der Waals surface area contributed by atoms with Crippen LogP contribution < -0.4 is 5.73 Å². The minimum atomic E-state index is 0.260. The number of halogens is 1. The topological polar surface area (TPSA) is 29.3 Å². The number of nitrogen functional groups attached to an aromatic ring is 1. The second-order valence-corrected chi connectivity index (χ2v) is 6.24. The summed E-state index contributed by atoms with van der Waals surface area (Å²) in [5, 5.41) is 0.692. The molecule has 0 radical (unpaired) electrons. The van der Waals surface area contributed by atoms with Crippen molar-refractivity contribution in [2.45, 2.75) is 40.3 Å². The van der Waals surface area contributed by atoms with Gasteiger partial charge in [-0.3, -0.25) is 4.90 Å². The summed E-state index contributed by atoms with van der Waals surface area (Å²) >= 11 is 5.90. The van der Waals surface area contributed by atoms with Crippen LogP contribution in [0.15, 0.2) is 18.2 Å². The molecule has 1 rings (SSSR count). The summed E-state index contributed by atoms with van der Waals surface area (Å²) in [6.45, 7) is 9.84. The van der Waals surface area contributed by atoms with Crippen molar-refractivity contribution < 1.29 is 0 Å². The standard InChI is InChI=1S/C14H23ClN2/c1-10(14(2,3)4)17(5)9-11-6-7-12(15)8-13(11)16/h6-8,10H,9,16H2,1-5H3. The van der Waals surface area contributed by atoms with Crippen LogP contribution in [0, 0.1) is 5.41 Å². The fourth-order valence-corrected chi connectivity index (χ4v) is 1.96. The van der Waals surface area contributed by atoms with Gasteiger partial charge in [-0.05, 0) is 37.1 Å². The van der Waals surface area contributed by atoms with Gasteiger partial charge in [0.2, 0.25) is 0 Å². The summed E-state index contributed by atoms with van der Waals surface area (Å²) in [5.41, 5.74) is 8.13. The first kappa shape index (κ1) is 14.3. The Morgan fingerprint density at radius 2 is 1.94 bits per heavy atom. The lowest BCUT2D eigenvalue weighted by Crippen LogP contribution is -2.38. The quantitative estimate of drug-likeness (QED) is 0.832. The Bertz CT molecular complexity index is 382. The molecule has 0 bridgehead atoms. The molecule has 0 aliphatic rings. The molecule has 1 aromatic rings. The lowest BCUT2D eigenvalue weighted by atomic mass is 9.87. The number of hydrogen-bond acceptors (Lipinski definition) is 2. The lowest BCUT2D eigenvalue weighted by Gasteiger charge is -2.35. The maximum atomic E-state index is 5.97. The van der Waals surface area contributed by atoms with E-state index in [0.717, 1.165) is 17.8 Å². The molecule has 0 amide bonds. The van der Waals surface area contributed by atoms with E-state index in [1.54, 1.807) is 0 Å². The van der Waals surface area contributed by atoms with E-state index >= 15 is 0 Å². The molecule has 1 aromatic carbocycles. The molecule has 0 aliphatic carbocycles. The second-order valence-electron chi connectivity index (χ2n) is 5.80. The Hall–Kier alpha value is -0.730. The molecule has 96 valence electrons. The summed E-state index contributed by atoms with van der Waals surface area (Å²) in [7, 11) is 2.13. The van der Waals surface area contributed by atoms with Crippen LogP contribution in [0.3, 0.4) is 0 Å². The molecule has 0 aromatic heterocycles. The molecule has 1 unspecified atom stereocenters. The zero-order chi connectivity index (χ0) is 13.2. The third-order valence-corrected chi connectivity index (χ3v) is 3.68. The number of hydrogen-bond donors (Lipinski definition) is 1. The highest BCUT2D eigenvalue weighted by Gasteiger charge is 2.24. The van der Waals surface area contributed by atoms with Gasteiger partial charge in [-0.2, -0.15) is 0 Å². The second kappa shape index (κ2) is 5.28. The molecule has 17 heavy (non-hydrogen) atoms. The van der Waals surface area contributed by atoms with Gasteiger partial charge in [0.05, 0.1) is 0 Å². The van der Waals surface area contributed by atoms with E-state index in [2.05, 4.69) is 39.6 Å². The number of nitrogens with two attached hydrogens (primary N) is 1. The summed E-state index contributed by atoms with van der Waals surface area (Å²) in [6, 6.07) is 6.19. The molecule has 2 nitrogen and oxygen atoms in total. The van der Waals surface area contributed by atoms with Crippen LogP contribution in [0.25, 0.3) is 0 Å². The number of benzene rings is 1. The van der Waals surface area contributed by atoms with E-state index < -0.39 is 0 Å². The number of rotatable bonds is 3. The molecule has 0 aliphatic heterocycles. The van der Waals surface area contributed by atoms with Gasteiger partial charge in [-0.25, -0.2) is 0 Å². The summed E-state index contributed by atoms with van der Waals surface area (Å²) in [5.74, 6) is 0. The van der Waals surface area contributed by atoms with Crippen molar-refractivity contribution in [2.75, 3.05) is 12.8 Å². The first-order valence-corrected chi connectivity index (χ1v) is 6.33. The SMILES string of the molecule is CC(N(C)Cc1ccc(Cl)cc1N)C(C)(C)C. The van der Waals surface area contributed by atoms with Crippen molar-refractivity contribution in [3.05, 3.63) is 28.8 Å². The first-order chi connectivity index (χ1) is 7.71. The van der Waals surface area contributed by atoms with Crippen molar-refractivity contribution >= 4 is 17.3 Å². The normalized spacial score (nSPS) is 14.1. The van der Waals surface area contributed by atoms with Crippen LogP contribution >= 0.6 is 11.6 Å². The van der Waals surface area contributed by atoms with Crippen LogP contribution in [0.5, 0.6) is 0 Å². The molecule has 3 heteroatoms. The van der Waals surface area contributed by atoms with Gasteiger partial charge in [-0.15, -0.1) is 0 Å². The van der Waals surface area contributed by atoms with Gasteiger partial charge >= 0.3 is 0 Å². The van der Waals surface area contributed by atoms with Crippen LogP contribution in [0.1, 0.15) is 33.3 Å². The van der Waals surface area contributed by atoms with Gasteiger partial charge in [0.15, 0.2) is 0 Å². The smallest absolute Gasteiger partial charge is 0.0426 e. The maximum Gasteiger partial charge on any atom is 0.0426 e. The van der Waals surface area contributed by atoms with Crippen LogP contribution in [-0.4, -0.2) is 18.0 Å². The zero-order valence-electron chi connectivity index (χ0n) is 11.4.